The molecule has 0 amide bonds. The summed E-state index contributed by atoms with van der Waals surface area (Å²) >= 11 is 9.51. The number of benzene rings is 2. The Labute approximate surface area is 138 Å². The van der Waals surface area contributed by atoms with Crippen molar-refractivity contribution in [2.75, 3.05) is 6.61 Å². The van der Waals surface area contributed by atoms with Gasteiger partial charge in [-0.05, 0) is 42.3 Å². The summed E-state index contributed by atoms with van der Waals surface area (Å²) in [5.41, 5.74) is 3.73. The summed E-state index contributed by atoms with van der Waals surface area (Å²) in [4.78, 5) is 0. The van der Waals surface area contributed by atoms with E-state index in [9.17, 15) is 0 Å². The van der Waals surface area contributed by atoms with E-state index < -0.39 is 0 Å². The maximum Gasteiger partial charge on any atom is 0.127 e. The third kappa shape index (κ3) is 3.42. The van der Waals surface area contributed by atoms with Crippen LogP contribution in [0, 0.1) is 0 Å². The summed E-state index contributed by atoms with van der Waals surface area (Å²) in [6.45, 7) is 3.72. The number of fused-ring (bicyclic) bond motifs is 1. The molecule has 1 aliphatic rings. The van der Waals surface area contributed by atoms with Crippen LogP contribution in [0.25, 0.3) is 0 Å². The molecule has 1 N–H and O–H groups in total. The van der Waals surface area contributed by atoms with Crippen LogP contribution in [0.4, 0.5) is 0 Å². The Morgan fingerprint density at radius 2 is 2.05 bits per heavy atom. The summed E-state index contributed by atoms with van der Waals surface area (Å²) in [5, 5.41) is 4.32. The first kappa shape index (κ1) is 14.9. The molecule has 0 unspecified atom stereocenters. The monoisotopic (exact) mass is 365 g/mol. The molecule has 0 aliphatic carbocycles. The molecule has 1 atom stereocenters. The Morgan fingerprint density at radius 3 is 2.81 bits per heavy atom. The molecular formula is C17H17BrClNO. The minimum Gasteiger partial charge on any atom is -0.493 e. The second kappa shape index (κ2) is 6.39. The molecule has 0 bridgehead atoms. The lowest BCUT2D eigenvalue weighted by atomic mass is 10.1. The summed E-state index contributed by atoms with van der Waals surface area (Å²) < 4.78 is 6.87. The number of ether oxygens (including phenoxy) is 1. The first-order valence-electron chi connectivity index (χ1n) is 7.06. The van der Waals surface area contributed by atoms with E-state index in [1.807, 2.05) is 12.1 Å². The average molecular weight is 367 g/mol. The Balaban J connectivity index is 1.72. The average Bonchev–Trinajstić information content (AvgIpc) is 2.93. The fourth-order valence-electron chi connectivity index (χ4n) is 2.61. The van der Waals surface area contributed by atoms with Crippen LogP contribution < -0.4 is 10.1 Å². The number of halogens is 2. The highest BCUT2D eigenvalue weighted by Crippen LogP contribution is 2.33. The molecule has 0 radical (unpaired) electrons. The lowest BCUT2D eigenvalue weighted by molar-refractivity contribution is 0.351. The van der Waals surface area contributed by atoms with Gasteiger partial charge in [0.15, 0.2) is 0 Å². The van der Waals surface area contributed by atoms with Gasteiger partial charge in [0.05, 0.1) is 6.61 Å². The fourth-order valence-corrected chi connectivity index (χ4v) is 3.29. The van der Waals surface area contributed by atoms with Gasteiger partial charge in [-0.25, -0.2) is 0 Å². The third-order valence-corrected chi connectivity index (χ3v) is 4.50. The molecule has 0 aromatic heterocycles. The predicted molar refractivity (Wildman–Crippen MR) is 90.0 cm³/mol. The molecule has 1 aliphatic heterocycles. The maximum absolute atomic E-state index is 5.93. The second-order valence-electron chi connectivity index (χ2n) is 5.31. The zero-order valence-corrected chi connectivity index (χ0v) is 14.2. The normalized spacial score (nSPS) is 14.6. The second-order valence-corrected chi connectivity index (χ2v) is 6.66. The van der Waals surface area contributed by atoms with Gasteiger partial charge in [0.2, 0.25) is 0 Å². The molecule has 3 rings (SSSR count). The SMILES string of the molecule is C[C@H](NCc1cc(Br)cc2c1OCC2)c1ccc(Cl)cc1. The van der Waals surface area contributed by atoms with Crippen molar-refractivity contribution in [3.8, 4) is 5.75 Å². The number of rotatable bonds is 4. The van der Waals surface area contributed by atoms with E-state index in [-0.39, 0.29) is 6.04 Å². The Hall–Kier alpha value is -1.03. The zero-order valence-electron chi connectivity index (χ0n) is 11.8. The van der Waals surface area contributed by atoms with E-state index in [0.29, 0.717) is 0 Å². The molecule has 0 saturated carbocycles. The number of hydrogen-bond acceptors (Lipinski definition) is 2. The third-order valence-electron chi connectivity index (χ3n) is 3.79. The first-order valence-corrected chi connectivity index (χ1v) is 8.23. The smallest absolute Gasteiger partial charge is 0.127 e. The van der Waals surface area contributed by atoms with Crippen molar-refractivity contribution in [1.29, 1.82) is 0 Å². The minimum absolute atomic E-state index is 0.262. The molecule has 0 fully saturated rings. The predicted octanol–water partition coefficient (Wildman–Crippen LogP) is 4.89. The highest BCUT2D eigenvalue weighted by molar-refractivity contribution is 9.10. The maximum atomic E-state index is 5.93. The molecule has 0 saturated heterocycles. The molecule has 0 spiro atoms. The van der Waals surface area contributed by atoms with Gasteiger partial charge in [-0.2, -0.15) is 0 Å². The van der Waals surface area contributed by atoms with Gasteiger partial charge in [0.25, 0.3) is 0 Å². The molecule has 1 heterocycles. The van der Waals surface area contributed by atoms with Crippen molar-refractivity contribution in [2.45, 2.75) is 25.9 Å². The van der Waals surface area contributed by atoms with E-state index in [4.69, 9.17) is 16.3 Å². The number of nitrogens with one attached hydrogen (secondary N) is 1. The van der Waals surface area contributed by atoms with Gasteiger partial charge in [-0.3, -0.25) is 0 Å². The zero-order chi connectivity index (χ0) is 14.8. The molecule has 4 heteroatoms. The molecule has 21 heavy (non-hydrogen) atoms. The van der Waals surface area contributed by atoms with Crippen molar-refractivity contribution in [3.05, 3.63) is 62.6 Å². The summed E-state index contributed by atoms with van der Waals surface area (Å²) in [6, 6.07) is 12.5. The van der Waals surface area contributed by atoms with E-state index in [1.165, 1.54) is 16.7 Å². The largest absolute Gasteiger partial charge is 0.493 e. The highest BCUT2D eigenvalue weighted by atomic mass is 79.9. The van der Waals surface area contributed by atoms with E-state index >= 15 is 0 Å². The van der Waals surface area contributed by atoms with Crippen LogP contribution in [0.5, 0.6) is 5.75 Å². The lowest BCUT2D eigenvalue weighted by Crippen LogP contribution is -2.18. The van der Waals surface area contributed by atoms with Crippen molar-refractivity contribution in [1.82, 2.24) is 5.32 Å². The standard InChI is InChI=1S/C17H17BrClNO/c1-11(12-2-4-16(19)5-3-12)20-10-14-9-15(18)8-13-6-7-21-17(13)14/h2-5,8-9,11,20H,6-7,10H2,1H3/t11-/m0/s1. The van der Waals surface area contributed by atoms with Crippen LogP contribution in [-0.2, 0) is 13.0 Å². The summed E-state index contributed by atoms with van der Waals surface area (Å²) in [6.07, 6.45) is 0.995. The highest BCUT2D eigenvalue weighted by Gasteiger charge is 2.17. The first-order chi connectivity index (χ1) is 10.1. The van der Waals surface area contributed by atoms with Crippen LogP contribution in [-0.4, -0.2) is 6.61 Å². The van der Waals surface area contributed by atoms with Gasteiger partial charge < -0.3 is 10.1 Å². The Morgan fingerprint density at radius 1 is 1.29 bits per heavy atom. The van der Waals surface area contributed by atoms with Crippen molar-refractivity contribution >= 4 is 27.5 Å². The molecular weight excluding hydrogens is 350 g/mol. The Kier molecular flexibility index (Phi) is 4.53. The van der Waals surface area contributed by atoms with Gasteiger partial charge >= 0.3 is 0 Å². The molecule has 2 nitrogen and oxygen atoms in total. The van der Waals surface area contributed by atoms with Crippen molar-refractivity contribution in [2.24, 2.45) is 0 Å². The summed E-state index contributed by atoms with van der Waals surface area (Å²) in [7, 11) is 0. The minimum atomic E-state index is 0.262. The van der Waals surface area contributed by atoms with E-state index in [2.05, 4.69) is 52.4 Å². The van der Waals surface area contributed by atoms with Gasteiger partial charge in [-0.15, -0.1) is 0 Å². The quantitative estimate of drug-likeness (QED) is 0.832. The van der Waals surface area contributed by atoms with E-state index in [1.54, 1.807) is 0 Å². The van der Waals surface area contributed by atoms with Gasteiger partial charge in [-0.1, -0.05) is 39.7 Å². The van der Waals surface area contributed by atoms with Crippen LogP contribution in [0.2, 0.25) is 5.02 Å². The van der Waals surface area contributed by atoms with Gasteiger partial charge in [0.1, 0.15) is 5.75 Å². The van der Waals surface area contributed by atoms with E-state index in [0.717, 1.165) is 34.8 Å². The van der Waals surface area contributed by atoms with Crippen LogP contribution in [0.1, 0.15) is 29.7 Å². The number of hydrogen-bond donors (Lipinski definition) is 1. The lowest BCUT2D eigenvalue weighted by Gasteiger charge is -2.16. The van der Waals surface area contributed by atoms with Crippen LogP contribution >= 0.6 is 27.5 Å². The van der Waals surface area contributed by atoms with Crippen molar-refractivity contribution in [3.63, 3.8) is 0 Å². The van der Waals surface area contributed by atoms with Crippen molar-refractivity contribution < 1.29 is 4.74 Å². The molecule has 110 valence electrons. The molecule has 2 aromatic carbocycles. The Bertz CT molecular complexity index is 642. The van der Waals surface area contributed by atoms with Crippen LogP contribution in [0.15, 0.2) is 40.9 Å². The fraction of sp³-hybridized carbons (Fsp3) is 0.294. The topological polar surface area (TPSA) is 21.3 Å². The summed E-state index contributed by atoms with van der Waals surface area (Å²) in [5.74, 6) is 1.05. The molecule has 2 aromatic rings. The van der Waals surface area contributed by atoms with Crippen LogP contribution in [0.3, 0.4) is 0 Å². The van der Waals surface area contributed by atoms with Gasteiger partial charge in [0, 0.05) is 34.1 Å².